The molecule has 2 aromatic rings. The summed E-state index contributed by atoms with van der Waals surface area (Å²) in [6.45, 7) is 7.98. The van der Waals surface area contributed by atoms with Crippen LogP contribution in [0.25, 0.3) is 0 Å². The molecule has 2 amide bonds. The molecule has 0 aliphatic heterocycles. The van der Waals surface area contributed by atoms with Crippen LogP contribution in [0.4, 0.5) is 5.00 Å². The number of hydrogen-bond donors (Lipinski definition) is 2. The largest absolute Gasteiger partial charge is 0.484 e. The average molecular weight is 360 g/mol. The van der Waals surface area contributed by atoms with E-state index in [4.69, 9.17) is 10.5 Å². The van der Waals surface area contributed by atoms with Crippen molar-refractivity contribution < 1.29 is 14.3 Å². The Morgan fingerprint density at radius 1 is 1.24 bits per heavy atom. The summed E-state index contributed by atoms with van der Waals surface area (Å²) in [5, 5.41) is 3.23. The number of carbonyl (C=O) groups is 2. The van der Waals surface area contributed by atoms with Crippen molar-refractivity contribution in [1.82, 2.24) is 0 Å². The maximum atomic E-state index is 12.2. The maximum Gasteiger partial charge on any atom is 0.262 e. The van der Waals surface area contributed by atoms with Gasteiger partial charge in [-0.05, 0) is 42.5 Å². The van der Waals surface area contributed by atoms with E-state index in [1.165, 1.54) is 16.9 Å². The van der Waals surface area contributed by atoms with Gasteiger partial charge < -0.3 is 15.8 Å². The van der Waals surface area contributed by atoms with Gasteiger partial charge in [0.05, 0.1) is 5.56 Å². The average Bonchev–Trinajstić information content (AvgIpc) is 2.88. The first-order valence-corrected chi connectivity index (χ1v) is 9.09. The fraction of sp³-hybridized carbons (Fsp3) is 0.368. The van der Waals surface area contributed by atoms with Crippen LogP contribution >= 0.6 is 11.3 Å². The molecule has 0 saturated carbocycles. The Kier molecular flexibility index (Phi) is 6.20. The smallest absolute Gasteiger partial charge is 0.262 e. The van der Waals surface area contributed by atoms with Gasteiger partial charge in [-0.25, -0.2) is 0 Å². The molecule has 0 unspecified atom stereocenters. The Hall–Kier alpha value is -2.34. The first-order valence-electron chi connectivity index (χ1n) is 8.28. The number of anilines is 1. The quantitative estimate of drug-likeness (QED) is 0.787. The molecule has 6 heteroatoms. The van der Waals surface area contributed by atoms with Crippen molar-refractivity contribution in [3.05, 3.63) is 45.8 Å². The van der Waals surface area contributed by atoms with Gasteiger partial charge >= 0.3 is 0 Å². The number of nitrogens with one attached hydrogen (secondary N) is 1. The second kappa shape index (κ2) is 8.16. The number of amides is 2. The number of primary amides is 1. The summed E-state index contributed by atoms with van der Waals surface area (Å²) in [5.41, 5.74) is 7.97. The van der Waals surface area contributed by atoms with Crippen LogP contribution in [0.2, 0.25) is 0 Å². The molecule has 1 heterocycles. The minimum atomic E-state index is -0.526. The molecular formula is C19H24N2O3S. The maximum absolute atomic E-state index is 12.2. The van der Waals surface area contributed by atoms with Gasteiger partial charge in [0.1, 0.15) is 10.8 Å². The molecule has 0 saturated heterocycles. The van der Waals surface area contributed by atoms with Crippen molar-refractivity contribution in [3.8, 4) is 5.75 Å². The van der Waals surface area contributed by atoms with Gasteiger partial charge in [0.25, 0.3) is 11.8 Å². The molecule has 0 atom stereocenters. The molecule has 1 aromatic carbocycles. The van der Waals surface area contributed by atoms with Crippen LogP contribution in [-0.2, 0) is 11.2 Å². The third-order valence-corrected chi connectivity index (χ3v) is 5.04. The highest BCUT2D eigenvalue weighted by Crippen LogP contribution is 2.33. The Labute approximate surface area is 152 Å². The van der Waals surface area contributed by atoms with Gasteiger partial charge in [0.15, 0.2) is 6.61 Å². The Balaban J connectivity index is 2.02. The standard InChI is InChI=1S/C19H24N2O3S/c1-5-15-12(4)25-19(17(15)18(20)23)21-16(22)10-24-14-8-6-13(7-9-14)11(2)3/h6-9,11H,5,10H2,1-4H3,(H2,20,23)(H,21,22). The minimum absolute atomic E-state index is 0.127. The van der Waals surface area contributed by atoms with E-state index in [0.29, 0.717) is 28.7 Å². The van der Waals surface area contributed by atoms with Gasteiger partial charge in [-0.2, -0.15) is 0 Å². The summed E-state index contributed by atoms with van der Waals surface area (Å²) in [4.78, 5) is 24.9. The summed E-state index contributed by atoms with van der Waals surface area (Å²) in [5.74, 6) is 0.228. The Bertz CT molecular complexity index is 764. The topological polar surface area (TPSA) is 81.4 Å². The lowest BCUT2D eigenvalue weighted by atomic mass is 10.0. The van der Waals surface area contributed by atoms with Gasteiger partial charge in [0.2, 0.25) is 0 Å². The molecule has 0 aliphatic carbocycles. The van der Waals surface area contributed by atoms with Crippen molar-refractivity contribution in [3.63, 3.8) is 0 Å². The lowest BCUT2D eigenvalue weighted by Crippen LogP contribution is -2.22. The van der Waals surface area contributed by atoms with Crippen molar-refractivity contribution >= 4 is 28.2 Å². The number of thiophene rings is 1. The number of benzene rings is 1. The van der Waals surface area contributed by atoms with E-state index < -0.39 is 5.91 Å². The summed E-state index contributed by atoms with van der Waals surface area (Å²) >= 11 is 1.36. The third-order valence-electron chi connectivity index (χ3n) is 3.98. The van der Waals surface area contributed by atoms with Crippen molar-refractivity contribution in [1.29, 1.82) is 0 Å². The molecule has 2 rings (SSSR count). The molecule has 0 bridgehead atoms. The predicted molar refractivity (Wildman–Crippen MR) is 102 cm³/mol. The van der Waals surface area contributed by atoms with Crippen LogP contribution in [0.15, 0.2) is 24.3 Å². The SMILES string of the molecule is CCc1c(C)sc(NC(=O)COc2ccc(C(C)C)cc2)c1C(N)=O. The summed E-state index contributed by atoms with van der Waals surface area (Å²) < 4.78 is 5.51. The van der Waals surface area contributed by atoms with E-state index in [-0.39, 0.29) is 12.5 Å². The van der Waals surface area contributed by atoms with Crippen LogP contribution in [0.3, 0.4) is 0 Å². The molecule has 1 aromatic heterocycles. The first kappa shape index (κ1) is 19.0. The van der Waals surface area contributed by atoms with Crippen LogP contribution in [0.1, 0.15) is 53.1 Å². The molecule has 134 valence electrons. The summed E-state index contributed by atoms with van der Waals surface area (Å²) in [6.07, 6.45) is 0.690. The Morgan fingerprint density at radius 3 is 2.40 bits per heavy atom. The highest BCUT2D eigenvalue weighted by atomic mass is 32.1. The summed E-state index contributed by atoms with van der Waals surface area (Å²) in [6, 6.07) is 7.67. The first-order chi connectivity index (χ1) is 11.8. The molecule has 0 fully saturated rings. The second-order valence-electron chi connectivity index (χ2n) is 6.12. The van der Waals surface area contributed by atoms with Crippen LogP contribution in [0, 0.1) is 6.92 Å². The number of ether oxygens (including phenoxy) is 1. The highest BCUT2D eigenvalue weighted by Gasteiger charge is 2.20. The van der Waals surface area contributed by atoms with Crippen molar-refractivity contribution in [2.75, 3.05) is 11.9 Å². The lowest BCUT2D eigenvalue weighted by Gasteiger charge is -2.09. The number of nitrogens with two attached hydrogens (primary N) is 1. The Morgan fingerprint density at radius 2 is 1.88 bits per heavy atom. The fourth-order valence-electron chi connectivity index (χ4n) is 2.61. The molecule has 0 aliphatic rings. The number of carbonyl (C=O) groups excluding carboxylic acids is 2. The van der Waals surface area contributed by atoms with E-state index in [9.17, 15) is 9.59 Å². The molecule has 3 N–H and O–H groups in total. The van der Waals surface area contributed by atoms with Crippen LogP contribution < -0.4 is 15.8 Å². The van der Waals surface area contributed by atoms with Crippen LogP contribution in [-0.4, -0.2) is 18.4 Å². The molecule has 0 radical (unpaired) electrons. The van der Waals surface area contributed by atoms with E-state index in [2.05, 4.69) is 19.2 Å². The zero-order chi connectivity index (χ0) is 18.6. The molecule has 25 heavy (non-hydrogen) atoms. The van der Waals surface area contributed by atoms with Crippen molar-refractivity contribution in [2.24, 2.45) is 5.73 Å². The van der Waals surface area contributed by atoms with E-state index in [0.717, 1.165) is 10.4 Å². The normalized spacial score (nSPS) is 10.8. The van der Waals surface area contributed by atoms with Gasteiger partial charge in [-0.15, -0.1) is 11.3 Å². The minimum Gasteiger partial charge on any atom is -0.484 e. The van der Waals surface area contributed by atoms with Gasteiger partial charge in [-0.1, -0.05) is 32.9 Å². The second-order valence-corrected chi connectivity index (χ2v) is 7.34. The molecule has 5 nitrogen and oxygen atoms in total. The fourth-order valence-corrected chi connectivity index (χ4v) is 3.78. The molecule has 0 spiro atoms. The van der Waals surface area contributed by atoms with Gasteiger partial charge in [0, 0.05) is 4.88 Å². The summed E-state index contributed by atoms with van der Waals surface area (Å²) in [7, 11) is 0. The highest BCUT2D eigenvalue weighted by molar-refractivity contribution is 7.16. The van der Waals surface area contributed by atoms with Crippen LogP contribution in [0.5, 0.6) is 5.75 Å². The zero-order valence-corrected chi connectivity index (χ0v) is 15.8. The van der Waals surface area contributed by atoms with Gasteiger partial charge in [-0.3, -0.25) is 9.59 Å². The monoisotopic (exact) mass is 360 g/mol. The predicted octanol–water partition coefficient (Wildman–Crippen LogP) is 3.86. The third kappa shape index (κ3) is 4.60. The molecular weight excluding hydrogens is 336 g/mol. The zero-order valence-electron chi connectivity index (χ0n) is 15.0. The number of aryl methyl sites for hydroxylation is 1. The van der Waals surface area contributed by atoms with E-state index >= 15 is 0 Å². The van der Waals surface area contributed by atoms with Crippen molar-refractivity contribution in [2.45, 2.75) is 40.0 Å². The van der Waals surface area contributed by atoms with E-state index in [1.54, 1.807) is 0 Å². The van der Waals surface area contributed by atoms with E-state index in [1.807, 2.05) is 38.1 Å². The number of rotatable bonds is 7. The lowest BCUT2D eigenvalue weighted by molar-refractivity contribution is -0.118. The number of hydrogen-bond acceptors (Lipinski definition) is 4.